The molecule has 220 valence electrons. The molecule has 0 spiro atoms. The highest BCUT2D eigenvalue weighted by Crippen LogP contribution is 2.45. The number of aliphatic hydroxyl groups is 1. The molecule has 42 heavy (non-hydrogen) atoms. The van der Waals surface area contributed by atoms with Crippen molar-refractivity contribution in [2.24, 2.45) is 0 Å². The Kier molecular flexibility index (Phi) is 8.11. The van der Waals surface area contributed by atoms with E-state index in [9.17, 15) is 14.7 Å². The van der Waals surface area contributed by atoms with Gasteiger partial charge in [0.15, 0.2) is 6.61 Å². The zero-order valence-electron chi connectivity index (χ0n) is 23.9. The number of carbonyl (C=O) groups is 2. The van der Waals surface area contributed by atoms with Crippen LogP contribution in [-0.2, 0) is 31.2 Å². The van der Waals surface area contributed by atoms with Crippen LogP contribution in [0, 0.1) is 0 Å². The van der Waals surface area contributed by atoms with E-state index in [1.807, 2.05) is 41.1 Å². The Balaban J connectivity index is 1.13. The number of esters is 2. The van der Waals surface area contributed by atoms with E-state index in [0.717, 1.165) is 47.5 Å². The minimum atomic E-state index is -1.77. The molecule has 9 heteroatoms. The smallest absolute Gasteiger partial charge is 0.349 e. The lowest BCUT2D eigenvalue weighted by Crippen LogP contribution is -2.58. The second kappa shape index (κ2) is 11.8. The molecule has 2 aromatic carbocycles. The Bertz CT molecular complexity index is 1500. The molecule has 2 bridgehead atoms. The summed E-state index contributed by atoms with van der Waals surface area (Å²) in [5.74, 6) is -0.311. The van der Waals surface area contributed by atoms with Crippen LogP contribution >= 0.6 is 22.7 Å². The first-order valence-electron chi connectivity index (χ1n) is 14.5. The summed E-state index contributed by atoms with van der Waals surface area (Å²) in [6, 6.07) is 20.4. The molecule has 0 aliphatic carbocycles. The van der Waals surface area contributed by atoms with Crippen molar-refractivity contribution in [3.05, 3.63) is 86.7 Å². The third kappa shape index (κ3) is 5.46. The summed E-state index contributed by atoms with van der Waals surface area (Å²) in [7, 11) is 2.34. The van der Waals surface area contributed by atoms with E-state index < -0.39 is 11.6 Å². The van der Waals surface area contributed by atoms with Gasteiger partial charge < -0.3 is 23.8 Å². The molecule has 2 saturated heterocycles. The van der Waals surface area contributed by atoms with Gasteiger partial charge in [0.05, 0.1) is 35.5 Å². The number of rotatable bonds is 10. The maximum absolute atomic E-state index is 13.6. The van der Waals surface area contributed by atoms with Crippen molar-refractivity contribution in [3.63, 3.8) is 0 Å². The SMILES string of the molecule is CCOC(=O)COc1ccc2cc(C[N+]3(C)[C@@H]4CC[C@H]3CC(OC(=O)C(O)(c3cccs3)c3cccs3)C4)ccc2c1. The minimum absolute atomic E-state index is 0.103. The number of thiophene rings is 2. The molecule has 6 rings (SSSR count). The van der Waals surface area contributed by atoms with Gasteiger partial charge in [-0.3, -0.25) is 0 Å². The van der Waals surface area contributed by atoms with E-state index in [2.05, 4.69) is 25.2 Å². The Labute approximate surface area is 253 Å². The minimum Gasteiger partial charge on any atom is -0.482 e. The first-order chi connectivity index (χ1) is 20.3. The van der Waals surface area contributed by atoms with Crippen LogP contribution in [0.4, 0.5) is 0 Å². The maximum Gasteiger partial charge on any atom is 0.349 e. The van der Waals surface area contributed by atoms with Crippen LogP contribution in [0.1, 0.15) is 47.9 Å². The number of fused-ring (bicyclic) bond motifs is 3. The second-order valence-electron chi connectivity index (χ2n) is 11.5. The Morgan fingerprint density at radius 2 is 1.60 bits per heavy atom. The number of hydrogen-bond donors (Lipinski definition) is 1. The number of carbonyl (C=O) groups excluding carboxylic acids is 2. The largest absolute Gasteiger partial charge is 0.482 e. The molecule has 2 unspecified atom stereocenters. The molecule has 0 radical (unpaired) electrons. The van der Waals surface area contributed by atoms with Crippen LogP contribution in [-0.4, -0.2) is 60.0 Å². The fraction of sp³-hybridized carbons (Fsp3) is 0.394. The van der Waals surface area contributed by atoms with Crippen molar-refractivity contribution in [1.82, 2.24) is 0 Å². The van der Waals surface area contributed by atoms with E-state index in [0.29, 0.717) is 34.2 Å². The molecule has 4 aromatic rings. The summed E-state index contributed by atoms with van der Waals surface area (Å²) in [5, 5.41) is 17.6. The number of hydrogen-bond acceptors (Lipinski definition) is 8. The van der Waals surface area contributed by atoms with Crippen molar-refractivity contribution < 1.29 is 33.4 Å². The van der Waals surface area contributed by atoms with E-state index >= 15 is 0 Å². The summed E-state index contributed by atoms with van der Waals surface area (Å²) >= 11 is 2.73. The van der Waals surface area contributed by atoms with Crippen molar-refractivity contribution in [2.75, 3.05) is 20.3 Å². The number of ether oxygens (including phenoxy) is 3. The molecule has 4 heterocycles. The molecular formula is C33H36NO6S2+. The fourth-order valence-corrected chi connectivity index (χ4v) is 8.49. The Morgan fingerprint density at radius 3 is 2.21 bits per heavy atom. The van der Waals surface area contributed by atoms with Gasteiger partial charge in [-0.2, -0.15) is 0 Å². The Hall–Kier alpha value is -3.24. The van der Waals surface area contributed by atoms with E-state index in [4.69, 9.17) is 14.2 Å². The molecule has 4 atom stereocenters. The highest BCUT2D eigenvalue weighted by Gasteiger charge is 2.54. The van der Waals surface area contributed by atoms with Crippen LogP contribution in [0.3, 0.4) is 0 Å². The van der Waals surface area contributed by atoms with Gasteiger partial charge in [0.1, 0.15) is 18.4 Å². The van der Waals surface area contributed by atoms with Crippen LogP contribution in [0.25, 0.3) is 10.8 Å². The van der Waals surface area contributed by atoms with Gasteiger partial charge in [-0.15, -0.1) is 22.7 Å². The molecule has 2 aliphatic rings. The van der Waals surface area contributed by atoms with Crippen LogP contribution < -0.4 is 4.74 Å². The predicted molar refractivity (Wildman–Crippen MR) is 164 cm³/mol. The first kappa shape index (κ1) is 28.9. The van der Waals surface area contributed by atoms with E-state index in [1.54, 1.807) is 19.1 Å². The van der Waals surface area contributed by atoms with Gasteiger partial charge in [0.25, 0.3) is 0 Å². The van der Waals surface area contributed by atoms with E-state index in [-0.39, 0.29) is 18.7 Å². The molecule has 1 N–H and O–H groups in total. The normalized spacial score (nSPS) is 23.5. The molecule has 0 amide bonds. The summed E-state index contributed by atoms with van der Waals surface area (Å²) < 4.78 is 17.6. The van der Waals surface area contributed by atoms with Crippen molar-refractivity contribution >= 4 is 45.4 Å². The van der Waals surface area contributed by atoms with E-state index in [1.165, 1.54) is 28.2 Å². The van der Waals surface area contributed by atoms with Crippen LogP contribution in [0.2, 0.25) is 0 Å². The highest BCUT2D eigenvalue weighted by atomic mass is 32.1. The maximum atomic E-state index is 13.6. The van der Waals surface area contributed by atoms with Crippen LogP contribution in [0.15, 0.2) is 71.4 Å². The number of benzene rings is 2. The van der Waals surface area contributed by atoms with Gasteiger partial charge in [-0.1, -0.05) is 30.3 Å². The van der Waals surface area contributed by atoms with Crippen molar-refractivity contribution in [2.45, 2.75) is 62.9 Å². The first-order valence-corrected chi connectivity index (χ1v) is 16.2. The van der Waals surface area contributed by atoms with Crippen molar-refractivity contribution in [1.29, 1.82) is 0 Å². The lowest BCUT2D eigenvalue weighted by molar-refractivity contribution is -0.961. The van der Waals surface area contributed by atoms with Gasteiger partial charge in [-0.05, 0) is 58.8 Å². The molecular weight excluding hydrogens is 570 g/mol. The van der Waals surface area contributed by atoms with Gasteiger partial charge >= 0.3 is 11.9 Å². The lowest BCUT2D eigenvalue weighted by Gasteiger charge is -2.47. The summed E-state index contributed by atoms with van der Waals surface area (Å²) in [6.45, 7) is 2.91. The van der Waals surface area contributed by atoms with Crippen LogP contribution in [0.5, 0.6) is 5.75 Å². The number of nitrogens with zero attached hydrogens (tertiary/aromatic N) is 1. The fourth-order valence-electron chi connectivity index (χ4n) is 6.78. The van der Waals surface area contributed by atoms with Gasteiger partial charge in [0, 0.05) is 31.2 Å². The average Bonchev–Trinajstić information content (AvgIpc) is 3.74. The highest BCUT2D eigenvalue weighted by molar-refractivity contribution is 7.12. The number of quaternary nitrogens is 1. The summed E-state index contributed by atoms with van der Waals surface area (Å²) in [5.41, 5.74) is -0.506. The summed E-state index contributed by atoms with van der Waals surface area (Å²) in [4.78, 5) is 26.4. The second-order valence-corrected chi connectivity index (χ2v) is 13.4. The molecule has 2 aliphatic heterocycles. The quantitative estimate of drug-likeness (QED) is 0.176. The average molecular weight is 607 g/mol. The lowest BCUT2D eigenvalue weighted by atomic mass is 9.94. The third-order valence-corrected chi connectivity index (χ3v) is 10.9. The molecule has 2 fully saturated rings. The van der Waals surface area contributed by atoms with Gasteiger partial charge in [0.2, 0.25) is 5.60 Å². The predicted octanol–water partition coefficient (Wildman–Crippen LogP) is 6.02. The number of piperidine rings is 1. The zero-order chi connectivity index (χ0) is 29.3. The van der Waals surface area contributed by atoms with Crippen molar-refractivity contribution in [3.8, 4) is 5.75 Å². The molecule has 7 nitrogen and oxygen atoms in total. The summed E-state index contributed by atoms with van der Waals surface area (Å²) in [6.07, 6.45) is 3.57. The molecule has 0 saturated carbocycles. The molecule has 2 aromatic heterocycles. The Morgan fingerprint density at radius 1 is 0.952 bits per heavy atom. The monoisotopic (exact) mass is 606 g/mol. The standard InChI is InChI=1S/C33H36NO6S2/c1-3-38-31(35)21-39-27-13-10-23-16-22(8-9-24(23)17-27)20-34(2)25-11-12-26(34)19-28(18-25)40-32(36)33(37,29-6-4-14-41-29)30-7-5-15-42-30/h4-10,13-17,25-26,28,37H,3,11-12,18-21H2,1-2H3/q+1/t25-,26+,28?,34?. The zero-order valence-corrected chi connectivity index (χ0v) is 25.5. The third-order valence-electron chi connectivity index (χ3n) is 8.96. The van der Waals surface area contributed by atoms with Gasteiger partial charge in [-0.25, -0.2) is 9.59 Å². The topological polar surface area (TPSA) is 82.1 Å².